The van der Waals surface area contributed by atoms with E-state index in [1.54, 1.807) is 29.2 Å². The number of hydrogen-bond acceptors (Lipinski definition) is 8. The molecule has 0 saturated heterocycles. The van der Waals surface area contributed by atoms with Crippen molar-refractivity contribution in [3.63, 3.8) is 0 Å². The molecule has 4 rings (SSSR count). The van der Waals surface area contributed by atoms with Gasteiger partial charge in [0.2, 0.25) is 0 Å². The highest BCUT2D eigenvalue weighted by molar-refractivity contribution is 5.96. The summed E-state index contributed by atoms with van der Waals surface area (Å²) in [6, 6.07) is 12.7. The maximum absolute atomic E-state index is 12.7. The highest BCUT2D eigenvalue weighted by Gasteiger charge is 2.24. The van der Waals surface area contributed by atoms with Crippen LogP contribution in [0, 0.1) is 10.1 Å². The fraction of sp³-hybridized carbons (Fsp3) is 0.174. The van der Waals surface area contributed by atoms with Crippen molar-refractivity contribution in [2.24, 2.45) is 0 Å². The number of nitrogens with zero attached hydrogens (tertiary/aromatic N) is 3. The quantitative estimate of drug-likeness (QED) is 0.400. The Morgan fingerprint density at radius 3 is 2.79 bits per heavy atom. The summed E-state index contributed by atoms with van der Waals surface area (Å²) in [6.45, 7) is 0.448. The maximum atomic E-state index is 12.7. The van der Waals surface area contributed by atoms with Crippen LogP contribution in [-0.2, 0) is 11.2 Å². The van der Waals surface area contributed by atoms with Crippen LogP contribution in [0.5, 0.6) is 17.4 Å². The van der Waals surface area contributed by atoms with Gasteiger partial charge in [0.05, 0.1) is 12.0 Å². The van der Waals surface area contributed by atoms with Crippen LogP contribution in [0.3, 0.4) is 0 Å². The van der Waals surface area contributed by atoms with E-state index in [2.05, 4.69) is 9.97 Å². The second-order valence-electron chi connectivity index (χ2n) is 7.34. The van der Waals surface area contributed by atoms with Crippen molar-refractivity contribution in [2.75, 3.05) is 25.2 Å². The highest BCUT2D eigenvalue weighted by atomic mass is 16.6. The zero-order valence-corrected chi connectivity index (χ0v) is 18.1. The predicted octanol–water partition coefficient (Wildman–Crippen LogP) is 2.53. The minimum Gasteiger partial charge on any atom is -0.493 e. The second-order valence-corrected chi connectivity index (χ2v) is 7.34. The summed E-state index contributed by atoms with van der Waals surface area (Å²) in [5.41, 5.74) is 0.565. The third kappa shape index (κ3) is 4.58. The Balaban J connectivity index is 1.45. The molecule has 1 aromatic heterocycles. The number of carbonyl (C=O) groups excluding carboxylic acids is 1. The average molecular weight is 464 g/mol. The van der Waals surface area contributed by atoms with E-state index in [1.165, 1.54) is 13.2 Å². The van der Waals surface area contributed by atoms with Crippen LogP contribution in [0.4, 0.5) is 11.4 Å². The van der Waals surface area contributed by atoms with Gasteiger partial charge in [-0.3, -0.25) is 19.7 Å². The van der Waals surface area contributed by atoms with E-state index in [0.29, 0.717) is 23.6 Å². The number of para-hydroxylation sites is 1. The number of nitrogens with one attached hydrogen (secondary N) is 1. The molecule has 1 aliphatic heterocycles. The predicted molar refractivity (Wildman–Crippen MR) is 123 cm³/mol. The lowest BCUT2D eigenvalue weighted by atomic mass is 10.2. The lowest BCUT2D eigenvalue weighted by molar-refractivity contribution is -0.387. The zero-order chi connectivity index (χ0) is 24.2. The molecule has 3 aromatic rings. The molecule has 1 aliphatic rings. The summed E-state index contributed by atoms with van der Waals surface area (Å²) < 4.78 is 11.1. The first-order chi connectivity index (χ1) is 16.4. The van der Waals surface area contributed by atoms with Crippen LogP contribution in [-0.4, -0.2) is 46.2 Å². The summed E-state index contributed by atoms with van der Waals surface area (Å²) in [5, 5.41) is 20.4. The molecule has 1 amide bonds. The van der Waals surface area contributed by atoms with Crippen molar-refractivity contribution in [1.29, 1.82) is 0 Å². The minimum absolute atomic E-state index is 0.0658. The SMILES string of the molecule is COc1cc(/C=C/c2nc(O)c([N+](=O)[O-])c(=O)[nH]2)ccc1OCC(=O)N1CCc2ccccc21. The Kier molecular flexibility index (Phi) is 6.26. The molecule has 11 heteroatoms. The molecular formula is C23H20N4O7. The Morgan fingerprint density at radius 1 is 1.26 bits per heavy atom. The van der Waals surface area contributed by atoms with Gasteiger partial charge in [-0.05, 0) is 41.8 Å². The van der Waals surface area contributed by atoms with Crippen LogP contribution in [0.1, 0.15) is 17.0 Å². The largest absolute Gasteiger partial charge is 0.493 e. The smallest absolute Gasteiger partial charge is 0.395 e. The monoisotopic (exact) mass is 464 g/mol. The van der Waals surface area contributed by atoms with Crippen LogP contribution in [0.15, 0.2) is 47.3 Å². The van der Waals surface area contributed by atoms with Crippen molar-refractivity contribution >= 4 is 29.4 Å². The van der Waals surface area contributed by atoms with Gasteiger partial charge in [-0.2, -0.15) is 4.98 Å². The van der Waals surface area contributed by atoms with E-state index in [-0.39, 0.29) is 18.3 Å². The number of benzene rings is 2. The number of methoxy groups -OCH3 is 1. The normalized spacial score (nSPS) is 12.6. The van der Waals surface area contributed by atoms with Gasteiger partial charge in [0.25, 0.3) is 11.8 Å². The lowest BCUT2D eigenvalue weighted by Crippen LogP contribution is -2.33. The number of aromatic hydroxyl groups is 1. The van der Waals surface area contributed by atoms with Crippen molar-refractivity contribution < 1.29 is 24.3 Å². The third-order valence-electron chi connectivity index (χ3n) is 5.24. The standard InChI is InChI=1S/C23H20N4O7/c1-33-18-12-14(7-9-19-24-22(29)21(27(31)32)23(30)25-19)6-8-17(18)34-13-20(28)26-11-10-15-4-2-3-5-16(15)26/h2-9,12H,10-11,13H2,1H3,(H2,24,25,29,30)/b9-7+. The Hall–Kier alpha value is -4.67. The second kappa shape index (κ2) is 9.45. The molecule has 0 spiro atoms. The molecule has 0 atom stereocenters. The van der Waals surface area contributed by atoms with Gasteiger partial charge < -0.3 is 24.5 Å². The Bertz CT molecular complexity index is 1350. The first-order valence-electron chi connectivity index (χ1n) is 10.2. The number of hydrogen-bond donors (Lipinski definition) is 2. The van der Waals surface area contributed by atoms with E-state index in [9.17, 15) is 24.8 Å². The summed E-state index contributed by atoms with van der Waals surface area (Å²) >= 11 is 0. The average Bonchev–Trinajstić information content (AvgIpc) is 3.25. The number of carbonyl (C=O) groups is 1. The molecular weight excluding hydrogens is 444 g/mol. The van der Waals surface area contributed by atoms with Crippen molar-refractivity contribution in [2.45, 2.75) is 6.42 Å². The molecule has 2 aromatic carbocycles. The molecule has 0 bridgehead atoms. The molecule has 0 radical (unpaired) electrons. The highest BCUT2D eigenvalue weighted by Crippen LogP contribution is 2.30. The number of H-pyrrole nitrogens is 1. The van der Waals surface area contributed by atoms with Gasteiger partial charge in [0, 0.05) is 12.2 Å². The molecule has 0 aliphatic carbocycles. The number of amides is 1. The zero-order valence-electron chi connectivity index (χ0n) is 18.1. The summed E-state index contributed by atoms with van der Waals surface area (Å²) in [6.07, 6.45) is 3.73. The number of aromatic nitrogens is 2. The molecule has 2 heterocycles. The molecule has 0 unspecified atom stereocenters. The number of ether oxygens (including phenoxy) is 2. The molecule has 2 N–H and O–H groups in total. The van der Waals surface area contributed by atoms with Crippen molar-refractivity contribution in [1.82, 2.24) is 9.97 Å². The number of nitro groups is 1. The van der Waals surface area contributed by atoms with E-state index in [4.69, 9.17) is 9.47 Å². The Morgan fingerprint density at radius 2 is 2.06 bits per heavy atom. The van der Waals surface area contributed by atoms with Gasteiger partial charge in [0.15, 0.2) is 18.1 Å². The Labute approximate surface area is 193 Å². The van der Waals surface area contributed by atoms with Crippen LogP contribution < -0.4 is 19.9 Å². The van der Waals surface area contributed by atoms with E-state index in [0.717, 1.165) is 17.7 Å². The van der Waals surface area contributed by atoms with E-state index < -0.39 is 22.0 Å². The molecule has 174 valence electrons. The molecule has 34 heavy (non-hydrogen) atoms. The maximum Gasteiger partial charge on any atom is 0.395 e. The first kappa shape index (κ1) is 22.5. The van der Waals surface area contributed by atoms with Gasteiger partial charge in [-0.15, -0.1) is 0 Å². The molecule has 0 fully saturated rings. The topological polar surface area (TPSA) is 148 Å². The number of fused-ring (bicyclic) bond motifs is 1. The van der Waals surface area contributed by atoms with Gasteiger partial charge in [0.1, 0.15) is 5.82 Å². The summed E-state index contributed by atoms with van der Waals surface area (Å²) in [7, 11) is 1.46. The van der Waals surface area contributed by atoms with Crippen LogP contribution in [0.2, 0.25) is 0 Å². The molecule has 11 nitrogen and oxygen atoms in total. The lowest BCUT2D eigenvalue weighted by Gasteiger charge is -2.18. The molecule has 0 saturated carbocycles. The third-order valence-corrected chi connectivity index (χ3v) is 5.24. The van der Waals surface area contributed by atoms with E-state index in [1.807, 2.05) is 24.3 Å². The van der Waals surface area contributed by atoms with Gasteiger partial charge >= 0.3 is 11.2 Å². The number of aromatic amines is 1. The van der Waals surface area contributed by atoms with Crippen molar-refractivity contribution in [3.8, 4) is 17.4 Å². The van der Waals surface area contributed by atoms with Crippen LogP contribution in [0.25, 0.3) is 12.2 Å². The van der Waals surface area contributed by atoms with Crippen molar-refractivity contribution in [3.05, 3.63) is 79.9 Å². The van der Waals surface area contributed by atoms with E-state index >= 15 is 0 Å². The van der Waals surface area contributed by atoms with Crippen LogP contribution >= 0.6 is 0 Å². The summed E-state index contributed by atoms with van der Waals surface area (Å²) in [4.78, 5) is 41.7. The minimum atomic E-state index is -1.07. The first-order valence-corrected chi connectivity index (χ1v) is 10.2. The fourth-order valence-electron chi connectivity index (χ4n) is 3.61. The summed E-state index contributed by atoms with van der Waals surface area (Å²) in [5.74, 6) is -0.447. The number of rotatable bonds is 7. The fourth-order valence-corrected chi connectivity index (χ4v) is 3.61. The van der Waals surface area contributed by atoms with Gasteiger partial charge in [-0.25, -0.2) is 0 Å². The van der Waals surface area contributed by atoms with Gasteiger partial charge in [-0.1, -0.05) is 30.3 Å². The number of anilines is 1.